The lowest BCUT2D eigenvalue weighted by molar-refractivity contribution is -0.121. The third kappa shape index (κ3) is 5.42. The van der Waals surface area contributed by atoms with Crippen LogP contribution in [0.5, 0.6) is 0 Å². The van der Waals surface area contributed by atoms with Gasteiger partial charge in [0.25, 0.3) is 5.56 Å². The van der Waals surface area contributed by atoms with Gasteiger partial charge in [-0.3, -0.25) is 19.1 Å². The van der Waals surface area contributed by atoms with Gasteiger partial charge in [0.05, 0.1) is 0 Å². The number of nitrogens with zero attached hydrogens (tertiary/aromatic N) is 3. The molecule has 1 amide bonds. The van der Waals surface area contributed by atoms with E-state index in [9.17, 15) is 14.4 Å². The summed E-state index contributed by atoms with van der Waals surface area (Å²) in [5, 5.41) is 2.92. The fraction of sp³-hybridized carbons (Fsp3) is 0.688. The molecule has 1 aliphatic rings. The summed E-state index contributed by atoms with van der Waals surface area (Å²) in [7, 11) is 3.14. The van der Waals surface area contributed by atoms with E-state index in [4.69, 9.17) is 5.73 Å². The van der Waals surface area contributed by atoms with Gasteiger partial charge in [-0.25, -0.2) is 4.79 Å². The van der Waals surface area contributed by atoms with E-state index in [-0.39, 0.29) is 35.6 Å². The van der Waals surface area contributed by atoms with Crippen LogP contribution in [0.2, 0.25) is 0 Å². The van der Waals surface area contributed by atoms with Gasteiger partial charge >= 0.3 is 5.69 Å². The minimum Gasteiger partial charge on any atom is -0.354 e. The van der Waals surface area contributed by atoms with Crippen molar-refractivity contribution < 1.29 is 4.79 Å². The fourth-order valence-corrected chi connectivity index (χ4v) is 3.16. The summed E-state index contributed by atoms with van der Waals surface area (Å²) >= 11 is 0. The van der Waals surface area contributed by atoms with Crippen molar-refractivity contribution in [3.8, 4) is 0 Å². The Balaban J connectivity index is 0.00000312. The van der Waals surface area contributed by atoms with E-state index in [2.05, 4.69) is 10.2 Å². The van der Waals surface area contributed by atoms with Crippen LogP contribution in [0.25, 0.3) is 0 Å². The molecule has 25 heavy (non-hydrogen) atoms. The number of carbonyl (C=O) groups is 1. The second-order valence-electron chi connectivity index (χ2n) is 6.37. The lowest BCUT2D eigenvalue weighted by atomic mass is 10.0. The number of nitrogens with one attached hydrogen (secondary N) is 1. The van der Waals surface area contributed by atoms with Crippen molar-refractivity contribution in [2.75, 3.05) is 19.6 Å². The van der Waals surface area contributed by atoms with Crippen LogP contribution in [0.4, 0.5) is 0 Å². The zero-order valence-corrected chi connectivity index (χ0v) is 15.7. The molecule has 1 aromatic rings. The zero-order valence-electron chi connectivity index (χ0n) is 14.9. The number of halogens is 1. The predicted molar refractivity (Wildman–Crippen MR) is 98.9 cm³/mol. The zero-order chi connectivity index (χ0) is 17.7. The summed E-state index contributed by atoms with van der Waals surface area (Å²) in [4.78, 5) is 38.0. The van der Waals surface area contributed by atoms with Crippen LogP contribution in [0.15, 0.2) is 15.8 Å². The second-order valence-corrected chi connectivity index (χ2v) is 6.37. The number of likely N-dealkylation sites (tertiary alicyclic amines) is 1. The van der Waals surface area contributed by atoms with Crippen LogP contribution in [-0.2, 0) is 25.4 Å². The van der Waals surface area contributed by atoms with Crippen LogP contribution in [0, 0.1) is 0 Å². The highest BCUT2D eigenvalue weighted by molar-refractivity contribution is 5.85. The molecule has 1 fully saturated rings. The van der Waals surface area contributed by atoms with E-state index in [1.807, 2.05) is 0 Å². The molecule has 3 N–H and O–H groups in total. The van der Waals surface area contributed by atoms with E-state index >= 15 is 0 Å². The molecule has 1 saturated heterocycles. The van der Waals surface area contributed by atoms with E-state index in [1.165, 1.54) is 11.6 Å². The molecule has 0 bridgehead atoms. The van der Waals surface area contributed by atoms with E-state index in [1.54, 1.807) is 13.2 Å². The molecule has 8 nitrogen and oxygen atoms in total. The van der Waals surface area contributed by atoms with Crippen molar-refractivity contribution in [3.05, 3.63) is 32.6 Å². The molecule has 142 valence electrons. The van der Waals surface area contributed by atoms with Crippen molar-refractivity contribution in [1.29, 1.82) is 0 Å². The Morgan fingerprint density at radius 3 is 2.72 bits per heavy atom. The maximum absolute atomic E-state index is 12.3. The van der Waals surface area contributed by atoms with Gasteiger partial charge in [0.1, 0.15) is 0 Å². The molecule has 2 heterocycles. The Labute approximate surface area is 153 Å². The van der Waals surface area contributed by atoms with Gasteiger partial charge in [0.2, 0.25) is 5.91 Å². The SMILES string of the molecule is Cl.Cn1cc(CN2CCCCC2CNC(=O)CCN)c(=O)n(C)c1=O. The van der Waals surface area contributed by atoms with Gasteiger partial charge in [-0.05, 0) is 19.4 Å². The van der Waals surface area contributed by atoms with Crippen LogP contribution in [0.3, 0.4) is 0 Å². The van der Waals surface area contributed by atoms with E-state index in [0.717, 1.165) is 30.4 Å². The number of amides is 1. The van der Waals surface area contributed by atoms with Gasteiger partial charge in [-0.1, -0.05) is 6.42 Å². The first kappa shape index (κ1) is 21.4. The molecule has 9 heteroatoms. The highest BCUT2D eigenvalue weighted by Crippen LogP contribution is 2.18. The average Bonchev–Trinajstić information content (AvgIpc) is 2.57. The van der Waals surface area contributed by atoms with Crippen molar-refractivity contribution in [3.63, 3.8) is 0 Å². The number of carbonyl (C=O) groups excluding carboxylic acids is 1. The predicted octanol–water partition coefficient (Wildman–Crippen LogP) is -0.675. The number of hydrogen-bond donors (Lipinski definition) is 2. The highest BCUT2D eigenvalue weighted by Gasteiger charge is 2.24. The van der Waals surface area contributed by atoms with E-state index < -0.39 is 0 Å². The summed E-state index contributed by atoms with van der Waals surface area (Å²) in [5.74, 6) is -0.0407. The van der Waals surface area contributed by atoms with Crippen molar-refractivity contribution >= 4 is 18.3 Å². The maximum Gasteiger partial charge on any atom is 0.330 e. The minimum absolute atomic E-state index is 0. The third-order valence-electron chi connectivity index (χ3n) is 4.55. The number of aryl methyl sites for hydroxylation is 1. The van der Waals surface area contributed by atoms with Crippen LogP contribution in [0.1, 0.15) is 31.2 Å². The first-order valence-electron chi connectivity index (χ1n) is 8.40. The van der Waals surface area contributed by atoms with Crippen molar-refractivity contribution in [1.82, 2.24) is 19.4 Å². The van der Waals surface area contributed by atoms with Gasteiger partial charge in [-0.15, -0.1) is 12.4 Å². The Morgan fingerprint density at radius 2 is 2.04 bits per heavy atom. The largest absolute Gasteiger partial charge is 0.354 e. The van der Waals surface area contributed by atoms with Crippen molar-refractivity contribution in [2.24, 2.45) is 19.8 Å². The number of nitrogens with two attached hydrogens (primary N) is 1. The molecule has 1 aliphatic heterocycles. The van der Waals surface area contributed by atoms with Gasteiger partial charge < -0.3 is 15.6 Å². The summed E-state index contributed by atoms with van der Waals surface area (Å²) in [5.41, 5.74) is 5.40. The minimum atomic E-state index is -0.326. The topological polar surface area (TPSA) is 102 Å². The maximum atomic E-state index is 12.3. The molecular formula is C16H28ClN5O3. The highest BCUT2D eigenvalue weighted by atomic mass is 35.5. The lowest BCUT2D eigenvalue weighted by Gasteiger charge is -2.35. The van der Waals surface area contributed by atoms with Crippen LogP contribution >= 0.6 is 12.4 Å². The second kappa shape index (κ2) is 9.74. The summed E-state index contributed by atoms with van der Waals surface area (Å²) in [6, 6.07) is 0.197. The molecule has 2 rings (SSSR count). The summed E-state index contributed by atoms with van der Waals surface area (Å²) < 4.78 is 2.57. The van der Waals surface area contributed by atoms with E-state index in [0.29, 0.717) is 31.6 Å². The summed E-state index contributed by atoms with van der Waals surface area (Å²) in [6.07, 6.45) is 5.10. The van der Waals surface area contributed by atoms with Crippen LogP contribution in [-0.4, -0.2) is 45.6 Å². The number of hydrogen-bond acceptors (Lipinski definition) is 5. The van der Waals surface area contributed by atoms with Gasteiger partial charge in [0.15, 0.2) is 0 Å². The van der Waals surface area contributed by atoms with Crippen molar-refractivity contribution in [2.45, 2.75) is 38.3 Å². The quantitative estimate of drug-likeness (QED) is 0.688. The first-order chi connectivity index (χ1) is 11.4. The van der Waals surface area contributed by atoms with Gasteiger partial charge in [0, 0.05) is 58.0 Å². The monoisotopic (exact) mass is 373 g/mol. The lowest BCUT2D eigenvalue weighted by Crippen LogP contribution is -2.48. The Bertz CT molecular complexity index is 700. The molecule has 0 saturated carbocycles. The molecule has 0 aromatic carbocycles. The molecule has 1 unspecified atom stereocenters. The number of piperidine rings is 1. The third-order valence-corrected chi connectivity index (χ3v) is 4.55. The molecule has 0 aliphatic carbocycles. The molecule has 0 spiro atoms. The number of rotatable bonds is 6. The summed E-state index contributed by atoms with van der Waals surface area (Å²) in [6.45, 7) is 2.26. The fourth-order valence-electron chi connectivity index (χ4n) is 3.16. The number of aromatic nitrogens is 2. The Kier molecular flexibility index (Phi) is 8.34. The Morgan fingerprint density at radius 1 is 1.32 bits per heavy atom. The molecule has 1 atom stereocenters. The normalized spacial score (nSPS) is 17.8. The molecule has 1 aromatic heterocycles. The van der Waals surface area contributed by atoms with Gasteiger partial charge in [-0.2, -0.15) is 0 Å². The smallest absolute Gasteiger partial charge is 0.330 e. The standard InChI is InChI=1S/C16H27N5O3.ClH/c1-19-10-12(15(23)20(2)16(19)24)11-21-8-4-3-5-13(21)9-18-14(22)6-7-17;/h10,13H,3-9,11,17H2,1-2H3,(H,18,22);1H. The average molecular weight is 374 g/mol. The molecular weight excluding hydrogens is 346 g/mol. The molecule has 0 radical (unpaired) electrons. The Hall–Kier alpha value is -1.64. The first-order valence-corrected chi connectivity index (χ1v) is 8.40. The van der Waals surface area contributed by atoms with Crippen LogP contribution < -0.4 is 22.3 Å².